The van der Waals surface area contributed by atoms with Gasteiger partial charge < -0.3 is 9.47 Å². The van der Waals surface area contributed by atoms with Gasteiger partial charge in [0.2, 0.25) is 5.91 Å². The van der Waals surface area contributed by atoms with Gasteiger partial charge in [-0.15, -0.1) is 0 Å². The minimum absolute atomic E-state index is 0.152. The summed E-state index contributed by atoms with van der Waals surface area (Å²) in [5.41, 5.74) is 5.43. The van der Waals surface area contributed by atoms with E-state index in [9.17, 15) is 13.6 Å². The Morgan fingerprint density at radius 3 is 2.82 bits per heavy atom. The van der Waals surface area contributed by atoms with Crippen LogP contribution in [0.1, 0.15) is 11.3 Å². The molecule has 1 aliphatic heterocycles. The molecule has 0 saturated carbocycles. The molecule has 0 unspecified atom stereocenters. The van der Waals surface area contributed by atoms with Crippen LogP contribution in [-0.4, -0.2) is 46.7 Å². The number of hydrogen-bond donors (Lipinski definition) is 0. The fourth-order valence-electron chi connectivity index (χ4n) is 4.97. The van der Waals surface area contributed by atoms with Crippen LogP contribution in [0, 0.1) is 0 Å². The summed E-state index contributed by atoms with van der Waals surface area (Å²) < 4.78 is 31.3. The lowest BCUT2D eigenvalue weighted by molar-refractivity contribution is -0.127. The van der Waals surface area contributed by atoms with E-state index in [-0.39, 0.29) is 12.2 Å². The number of hydrogen-bond acceptors (Lipinski definition) is 5. The van der Waals surface area contributed by atoms with Gasteiger partial charge >= 0.3 is 0 Å². The molecule has 1 aliphatic rings. The van der Waals surface area contributed by atoms with Crippen LogP contribution < -0.4 is 0 Å². The first-order valence-electron chi connectivity index (χ1n) is 12.3. The van der Waals surface area contributed by atoms with Gasteiger partial charge in [-0.05, 0) is 41.8 Å². The standard InChI is InChI=1S/C29H23F2N7O/c1-3-27(39)37-10-11-38-20(16-37)14-25(35-38)29-22(13-19(31)6-8-30)21-7-9-32-15-23(21)28(34-29)18-4-5-26-24(12-18)33-17-36(26)2/h3-9,12-15,17H,1,10-11,16H2,2H3/b8-6+,19-13?. The molecule has 39 heavy (non-hydrogen) atoms. The van der Waals surface area contributed by atoms with Gasteiger partial charge in [0.25, 0.3) is 0 Å². The lowest BCUT2D eigenvalue weighted by atomic mass is 9.98. The molecule has 8 nitrogen and oxygen atoms in total. The number of nitrogens with zero attached hydrogens (tertiary/aromatic N) is 7. The number of pyridine rings is 2. The second-order valence-corrected chi connectivity index (χ2v) is 9.23. The lowest BCUT2D eigenvalue weighted by Crippen LogP contribution is -2.37. The molecule has 6 rings (SSSR count). The van der Waals surface area contributed by atoms with Crippen molar-refractivity contribution < 1.29 is 13.6 Å². The molecular weight excluding hydrogens is 500 g/mol. The number of allylic oxidation sites excluding steroid dienone is 2. The van der Waals surface area contributed by atoms with Crippen LogP contribution in [0.3, 0.4) is 0 Å². The second kappa shape index (κ2) is 9.71. The average molecular weight is 524 g/mol. The van der Waals surface area contributed by atoms with Gasteiger partial charge in [0.15, 0.2) is 0 Å². The minimum atomic E-state index is -0.770. The summed E-state index contributed by atoms with van der Waals surface area (Å²) in [6.45, 7) is 4.94. The molecule has 194 valence electrons. The van der Waals surface area contributed by atoms with E-state index in [1.807, 2.05) is 40.6 Å². The number of amides is 1. The first-order chi connectivity index (χ1) is 19.0. The Hall–Kier alpha value is -4.99. The van der Waals surface area contributed by atoms with Crippen LogP contribution in [0.25, 0.3) is 50.5 Å². The van der Waals surface area contributed by atoms with Crippen LogP contribution in [-0.2, 0) is 24.9 Å². The van der Waals surface area contributed by atoms with Gasteiger partial charge in [-0.1, -0.05) is 12.6 Å². The Labute approximate surface area is 222 Å². The molecule has 0 atom stereocenters. The van der Waals surface area contributed by atoms with Crippen molar-refractivity contribution in [1.29, 1.82) is 0 Å². The molecule has 1 amide bonds. The molecule has 0 spiro atoms. The molecule has 1 aromatic carbocycles. The van der Waals surface area contributed by atoms with Crippen molar-refractivity contribution in [3.8, 4) is 22.6 Å². The molecule has 5 aromatic rings. The van der Waals surface area contributed by atoms with Gasteiger partial charge in [0, 0.05) is 48.6 Å². The molecule has 5 heterocycles. The van der Waals surface area contributed by atoms with E-state index >= 15 is 0 Å². The molecule has 0 saturated heterocycles. The fraction of sp³-hybridized carbons (Fsp3) is 0.138. The summed E-state index contributed by atoms with van der Waals surface area (Å²) >= 11 is 0. The predicted molar refractivity (Wildman–Crippen MR) is 145 cm³/mol. The zero-order chi connectivity index (χ0) is 27.1. The number of benzene rings is 1. The average Bonchev–Trinajstić information content (AvgIpc) is 3.55. The van der Waals surface area contributed by atoms with E-state index in [1.54, 1.807) is 29.7 Å². The molecule has 0 N–H and O–H groups in total. The van der Waals surface area contributed by atoms with E-state index in [0.29, 0.717) is 53.1 Å². The summed E-state index contributed by atoms with van der Waals surface area (Å²) in [6, 6.07) is 9.52. The fourth-order valence-corrected chi connectivity index (χ4v) is 4.97. The third-order valence-corrected chi connectivity index (χ3v) is 6.88. The number of fused-ring (bicyclic) bond motifs is 3. The highest BCUT2D eigenvalue weighted by molar-refractivity contribution is 6.03. The normalized spacial score (nSPS) is 13.9. The Kier molecular flexibility index (Phi) is 6.07. The van der Waals surface area contributed by atoms with Crippen molar-refractivity contribution in [3.05, 3.63) is 91.2 Å². The highest BCUT2D eigenvalue weighted by Gasteiger charge is 2.24. The number of rotatable bonds is 5. The van der Waals surface area contributed by atoms with Crippen LogP contribution in [0.15, 0.2) is 79.9 Å². The Morgan fingerprint density at radius 2 is 2.00 bits per heavy atom. The first-order valence-corrected chi connectivity index (χ1v) is 12.3. The monoisotopic (exact) mass is 523 g/mol. The maximum atomic E-state index is 14.7. The quantitative estimate of drug-likeness (QED) is 0.229. The maximum Gasteiger partial charge on any atom is 0.246 e. The van der Waals surface area contributed by atoms with Crippen molar-refractivity contribution in [2.75, 3.05) is 6.54 Å². The Bertz CT molecular complexity index is 1830. The molecule has 0 bridgehead atoms. The van der Waals surface area contributed by atoms with Gasteiger partial charge in [-0.3, -0.25) is 14.5 Å². The molecule has 0 aliphatic carbocycles. The lowest BCUT2D eigenvalue weighted by Gasteiger charge is -2.26. The van der Waals surface area contributed by atoms with Crippen LogP contribution >= 0.6 is 0 Å². The van der Waals surface area contributed by atoms with Crippen LogP contribution in [0.4, 0.5) is 8.78 Å². The molecule has 0 radical (unpaired) electrons. The summed E-state index contributed by atoms with van der Waals surface area (Å²) in [5.74, 6) is -0.927. The summed E-state index contributed by atoms with van der Waals surface area (Å²) in [7, 11) is 1.93. The number of aryl methyl sites for hydroxylation is 1. The van der Waals surface area contributed by atoms with E-state index in [2.05, 4.69) is 16.5 Å². The van der Waals surface area contributed by atoms with Gasteiger partial charge in [-0.25, -0.2) is 18.7 Å². The third-order valence-electron chi connectivity index (χ3n) is 6.88. The first kappa shape index (κ1) is 24.4. The second-order valence-electron chi connectivity index (χ2n) is 9.23. The van der Waals surface area contributed by atoms with Gasteiger partial charge in [0.1, 0.15) is 11.5 Å². The zero-order valence-corrected chi connectivity index (χ0v) is 21.1. The summed E-state index contributed by atoms with van der Waals surface area (Å²) in [6.07, 6.45) is 8.49. The summed E-state index contributed by atoms with van der Waals surface area (Å²) in [5, 5.41) is 6.15. The minimum Gasteiger partial charge on any atom is -0.334 e. The highest BCUT2D eigenvalue weighted by Crippen LogP contribution is 2.37. The van der Waals surface area contributed by atoms with Crippen molar-refractivity contribution in [3.63, 3.8) is 0 Å². The van der Waals surface area contributed by atoms with Crippen molar-refractivity contribution in [1.82, 2.24) is 34.2 Å². The number of imidazole rings is 1. The number of aromatic nitrogens is 6. The predicted octanol–water partition coefficient (Wildman–Crippen LogP) is 5.37. The SMILES string of the molecule is C=CC(=O)N1CCn2nc(-c3nc(-c4ccc5c(c4)ncn5C)c4cnccc4c3C=C(F)/C=C/F)cc2C1. The number of halogens is 2. The van der Waals surface area contributed by atoms with E-state index < -0.39 is 5.83 Å². The Balaban J connectivity index is 1.59. The molecule has 4 aromatic heterocycles. The Morgan fingerprint density at radius 1 is 1.13 bits per heavy atom. The van der Waals surface area contributed by atoms with Gasteiger partial charge in [0.05, 0.1) is 53.9 Å². The van der Waals surface area contributed by atoms with E-state index in [1.165, 1.54) is 12.2 Å². The van der Waals surface area contributed by atoms with Crippen molar-refractivity contribution >= 4 is 33.8 Å². The van der Waals surface area contributed by atoms with Crippen LogP contribution in [0.5, 0.6) is 0 Å². The summed E-state index contributed by atoms with van der Waals surface area (Å²) in [4.78, 5) is 27.7. The van der Waals surface area contributed by atoms with E-state index in [4.69, 9.17) is 10.1 Å². The maximum absolute atomic E-state index is 14.7. The smallest absolute Gasteiger partial charge is 0.246 e. The largest absolute Gasteiger partial charge is 0.334 e. The number of carbonyl (C=O) groups excluding carboxylic acids is 1. The van der Waals surface area contributed by atoms with Crippen molar-refractivity contribution in [2.24, 2.45) is 7.05 Å². The zero-order valence-electron chi connectivity index (χ0n) is 21.1. The highest BCUT2D eigenvalue weighted by atomic mass is 19.1. The van der Waals surface area contributed by atoms with Gasteiger partial charge in [-0.2, -0.15) is 5.10 Å². The molecular formula is C29H23F2N7O. The molecule has 0 fully saturated rings. The van der Waals surface area contributed by atoms with Crippen molar-refractivity contribution in [2.45, 2.75) is 13.1 Å². The number of carbonyl (C=O) groups is 1. The molecule has 10 heteroatoms. The van der Waals surface area contributed by atoms with Crippen LogP contribution in [0.2, 0.25) is 0 Å². The third kappa shape index (κ3) is 4.29. The topological polar surface area (TPSA) is 81.7 Å². The van der Waals surface area contributed by atoms with E-state index in [0.717, 1.165) is 28.4 Å².